The van der Waals surface area contributed by atoms with Crippen molar-refractivity contribution in [3.8, 4) is 5.75 Å². The second-order valence-corrected chi connectivity index (χ2v) is 3.72. The average molecular weight is 244 g/mol. The number of carbonyl (C=O) groups is 1. The van der Waals surface area contributed by atoms with Gasteiger partial charge in [-0.25, -0.2) is 0 Å². The first-order valence-electron chi connectivity index (χ1n) is 4.56. The lowest BCUT2D eigenvalue weighted by Crippen LogP contribution is -2.08. The van der Waals surface area contributed by atoms with Crippen LogP contribution in [0.2, 0.25) is 0 Å². The average Bonchev–Trinajstić information content (AvgIpc) is 2.16. The highest BCUT2D eigenvalue weighted by Gasteiger charge is 2.16. The molecule has 5 nitrogen and oxygen atoms in total. The van der Waals surface area contributed by atoms with Gasteiger partial charge in [-0.2, -0.15) is 0 Å². The lowest BCUT2D eigenvalue weighted by molar-refractivity contribution is -0.384. The zero-order valence-electron chi connectivity index (χ0n) is 8.77. The molecule has 0 aliphatic carbocycles. The van der Waals surface area contributed by atoms with E-state index in [1.165, 1.54) is 12.1 Å². The Balaban J connectivity index is 3.19. The highest BCUT2D eigenvalue weighted by molar-refractivity contribution is 6.68. The number of rotatable bonds is 4. The molecule has 0 aromatic heterocycles. The van der Waals surface area contributed by atoms with Crippen molar-refractivity contribution in [2.24, 2.45) is 0 Å². The van der Waals surface area contributed by atoms with E-state index in [4.69, 9.17) is 16.3 Å². The van der Waals surface area contributed by atoms with Gasteiger partial charge in [0.05, 0.1) is 16.6 Å². The van der Waals surface area contributed by atoms with E-state index >= 15 is 0 Å². The molecule has 16 heavy (non-hydrogen) atoms. The molecule has 0 atom stereocenters. The first kappa shape index (κ1) is 12.4. The topological polar surface area (TPSA) is 69.4 Å². The van der Waals surface area contributed by atoms with E-state index < -0.39 is 10.2 Å². The Morgan fingerprint density at radius 2 is 2.12 bits per heavy atom. The Morgan fingerprint density at radius 1 is 1.50 bits per heavy atom. The predicted molar refractivity (Wildman–Crippen MR) is 59.0 cm³/mol. The second-order valence-electron chi connectivity index (χ2n) is 3.38. The van der Waals surface area contributed by atoms with E-state index in [9.17, 15) is 14.9 Å². The minimum absolute atomic E-state index is 0.00423. The number of halogens is 1. The van der Waals surface area contributed by atoms with Crippen molar-refractivity contribution in [3.63, 3.8) is 0 Å². The minimum Gasteiger partial charge on any atom is -0.490 e. The van der Waals surface area contributed by atoms with Crippen LogP contribution < -0.4 is 4.74 Å². The number of carbonyl (C=O) groups excluding carboxylic acids is 1. The van der Waals surface area contributed by atoms with Crippen LogP contribution in [0.15, 0.2) is 18.2 Å². The quantitative estimate of drug-likeness (QED) is 0.463. The molecule has 0 spiro atoms. The third-order valence-electron chi connectivity index (χ3n) is 1.75. The third kappa shape index (κ3) is 2.93. The van der Waals surface area contributed by atoms with Gasteiger partial charge in [-0.1, -0.05) is 0 Å². The van der Waals surface area contributed by atoms with E-state index in [2.05, 4.69) is 0 Å². The number of ether oxygens (including phenoxy) is 1. The normalized spacial score (nSPS) is 10.2. The highest BCUT2D eigenvalue weighted by Crippen LogP contribution is 2.26. The molecular formula is C10H10ClNO4. The summed E-state index contributed by atoms with van der Waals surface area (Å²) >= 11 is 5.33. The third-order valence-corrected chi connectivity index (χ3v) is 1.95. The van der Waals surface area contributed by atoms with Gasteiger partial charge in [0, 0.05) is 12.1 Å². The maximum atomic E-state index is 11.1. The van der Waals surface area contributed by atoms with E-state index in [1.54, 1.807) is 13.8 Å². The van der Waals surface area contributed by atoms with Crippen LogP contribution in [0.3, 0.4) is 0 Å². The monoisotopic (exact) mass is 243 g/mol. The van der Waals surface area contributed by atoms with Crippen molar-refractivity contribution < 1.29 is 14.5 Å². The van der Waals surface area contributed by atoms with Crippen LogP contribution >= 0.6 is 11.6 Å². The van der Waals surface area contributed by atoms with Crippen molar-refractivity contribution in [1.29, 1.82) is 0 Å². The predicted octanol–water partition coefficient (Wildman–Crippen LogP) is 2.76. The second kappa shape index (κ2) is 4.94. The molecule has 0 bridgehead atoms. The fourth-order valence-electron chi connectivity index (χ4n) is 1.14. The summed E-state index contributed by atoms with van der Waals surface area (Å²) in [6.07, 6.45) is -0.142. The van der Waals surface area contributed by atoms with Crippen LogP contribution in [0.5, 0.6) is 5.75 Å². The number of nitro benzene ring substituents is 1. The zero-order chi connectivity index (χ0) is 12.3. The van der Waals surface area contributed by atoms with Crippen LogP contribution in [0, 0.1) is 10.1 Å². The molecule has 0 heterocycles. The molecule has 1 aromatic rings. The standard InChI is InChI=1S/C10H10ClNO4/c1-6(2)16-9-4-3-7(12(14)15)5-8(9)10(11)13/h3-6H,1-2H3. The summed E-state index contributed by atoms with van der Waals surface area (Å²) in [5.41, 5.74) is -0.190. The summed E-state index contributed by atoms with van der Waals surface area (Å²) in [5.74, 6) is 0.251. The number of nitro groups is 1. The summed E-state index contributed by atoms with van der Waals surface area (Å²) in [5, 5.41) is 9.74. The number of hydrogen-bond acceptors (Lipinski definition) is 4. The highest BCUT2D eigenvalue weighted by atomic mass is 35.5. The van der Waals surface area contributed by atoms with E-state index in [0.29, 0.717) is 0 Å². The van der Waals surface area contributed by atoms with Crippen LogP contribution in [-0.2, 0) is 0 Å². The number of nitrogens with zero attached hydrogens (tertiary/aromatic N) is 1. The molecule has 0 aliphatic heterocycles. The molecule has 0 saturated carbocycles. The minimum atomic E-state index is -0.778. The first-order chi connectivity index (χ1) is 7.41. The van der Waals surface area contributed by atoms with Crippen LogP contribution in [0.25, 0.3) is 0 Å². The molecule has 0 N–H and O–H groups in total. The van der Waals surface area contributed by atoms with Gasteiger partial charge < -0.3 is 4.74 Å². The van der Waals surface area contributed by atoms with Gasteiger partial charge in [0.2, 0.25) is 0 Å². The van der Waals surface area contributed by atoms with E-state index in [1.807, 2.05) is 0 Å². The van der Waals surface area contributed by atoms with Crippen molar-refractivity contribution in [1.82, 2.24) is 0 Å². The molecule has 6 heteroatoms. The van der Waals surface area contributed by atoms with Crippen LogP contribution in [-0.4, -0.2) is 16.3 Å². The zero-order valence-corrected chi connectivity index (χ0v) is 9.52. The summed E-state index contributed by atoms with van der Waals surface area (Å²) in [6.45, 7) is 3.56. The van der Waals surface area contributed by atoms with Crippen molar-refractivity contribution in [3.05, 3.63) is 33.9 Å². The summed E-state index contributed by atoms with van der Waals surface area (Å²) in [6, 6.07) is 3.74. The number of non-ortho nitro benzene ring substituents is 1. The molecule has 0 amide bonds. The van der Waals surface area contributed by atoms with Gasteiger partial charge in [-0.3, -0.25) is 14.9 Å². The first-order valence-corrected chi connectivity index (χ1v) is 4.94. The molecule has 0 radical (unpaired) electrons. The summed E-state index contributed by atoms with van der Waals surface area (Å²) < 4.78 is 5.31. The Labute approximate surface area is 97.1 Å². The molecule has 1 aromatic carbocycles. The SMILES string of the molecule is CC(C)Oc1ccc([N+](=O)[O-])cc1C(=O)Cl. The maximum absolute atomic E-state index is 11.1. The number of hydrogen-bond donors (Lipinski definition) is 0. The van der Waals surface area contributed by atoms with Gasteiger partial charge in [0.1, 0.15) is 5.75 Å². The summed E-state index contributed by atoms with van der Waals surface area (Å²) in [7, 11) is 0. The molecule has 0 fully saturated rings. The Bertz CT molecular complexity index is 431. The largest absolute Gasteiger partial charge is 0.490 e. The van der Waals surface area contributed by atoms with Crippen molar-refractivity contribution in [2.45, 2.75) is 20.0 Å². The molecule has 86 valence electrons. The molecule has 1 rings (SSSR count). The maximum Gasteiger partial charge on any atom is 0.270 e. The fraction of sp³-hybridized carbons (Fsp3) is 0.300. The summed E-state index contributed by atoms with van der Waals surface area (Å²) in [4.78, 5) is 21.0. The van der Waals surface area contributed by atoms with Gasteiger partial charge in [-0.05, 0) is 31.5 Å². The van der Waals surface area contributed by atoms with Crippen LogP contribution in [0.4, 0.5) is 5.69 Å². The lowest BCUT2D eigenvalue weighted by Gasteiger charge is -2.11. The Hall–Kier alpha value is -1.62. The van der Waals surface area contributed by atoms with Crippen LogP contribution in [0.1, 0.15) is 24.2 Å². The van der Waals surface area contributed by atoms with E-state index in [0.717, 1.165) is 6.07 Å². The Kier molecular flexibility index (Phi) is 3.84. The van der Waals surface area contributed by atoms with Gasteiger partial charge in [0.15, 0.2) is 0 Å². The smallest absolute Gasteiger partial charge is 0.270 e. The van der Waals surface area contributed by atoms with Crippen molar-refractivity contribution >= 4 is 22.5 Å². The molecule has 0 unspecified atom stereocenters. The number of benzene rings is 1. The van der Waals surface area contributed by atoms with Crippen molar-refractivity contribution in [2.75, 3.05) is 0 Å². The Morgan fingerprint density at radius 3 is 2.56 bits per heavy atom. The molecule has 0 saturated heterocycles. The molecular weight excluding hydrogens is 234 g/mol. The van der Waals surface area contributed by atoms with Gasteiger partial charge in [0.25, 0.3) is 10.9 Å². The van der Waals surface area contributed by atoms with Gasteiger partial charge in [-0.15, -0.1) is 0 Å². The van der Waals surface area contributed by atoms with E-state index in [-0.39, 0.29) is 23.1 Å². The molecule has 0 aliphatic rings. The fourth-order valence-corrected chi connectivity index (χ4v) is 1.29. The van der Waals surface area contributed by atoms with Gasteiger partial charge >= 0.3 is 0 Å². The lowest BCUT2D eigenvalue weighted by atomic mass is 10.2.